The quantitative estimate of drug-likeness (QED) is 0.685. The monoisotopic (exact) mass is 370 g/mol. The number of para-hydroxylation sites is 1. The highest BCUT2D eigenvalue weighted by Crippen LogP contribution is 2.45. The van der Waals surface area contributed by atoms with Gasteiger partial charge in [0.05, 0.1) is 12.2 Å². The second kappa shape index (κ2) is 6.83. The Morgan fingerprint density at radius 1 is 1.12 bits per heavy atom. The number of fused-ring (bicyclic) bond motifs is 3. The minimum atomic E-state index is 0.215. The molecular weight excluding hydrogens is 352 g/mol. The van der Waals surface area contributed by atoms with Gasteiger partial charge in [-0.1, -0.05) is 41.9 Å². The molecular formula is C19H19ClN4S. The molecule has 1 aliphatic rings. The van der Waals surface area contributed by atoms with E-state index in [0.29, 0.717) is 0 Å². The first-order valence-corrected chi connectivity index (χ1v) is 9.47. The third kappa shape index (κ3) is 3.19. The van der Waals surface area contributed by atoms with Crippen molar-refractivity contribution in [3.8, 4) is 5.69 Å². The summed E-state index contributed by atoms with van der Waals surface area (Å²) < 4.78 is 2.21. The summed E-state index contributed by atoms with van der Waals surface area (Å²) in [6, 6.07) is 16.5. The first-order valence-electron chi connectivity index (χ1n) is 8.22. The van der Waals surface area contributed by atoms with Crippen molar-refractivity contribution < 1.29 is 0 Å². The summed E-state index contributed by atoms with van der Waals surface area (Å²) >= 11 is 8.32. The van der Waals surface area contributed by atoms with Gasteiger partial charge in [-0.05, 0) is 37.9 Å². The molecule has 2 heterocycles. The molecule has 0 amide bonds. The standard InChI is InChI=1S/C19H19ClN4S/c1-23(2)12-19-22-21-18-11-17(13-7-3-4-8-14(13)20)25-16-10-6-5-9-15(16)24(18)19/h3-10,17H,11-12H2,1-2H3. The van der Waals surface area contributed by atoms with E-state index in [-0.39, 0.29) is 5.25 Å². The van der Waals surface area contributed by atoms with Gasteiger partial charge in [-0.2, -0.15) is 0 Å². The molecule has 0 bridgehead atoms. The number of rotatable bonds is 3. The van der Waals surface area contributed by atoms with Gasteiger partial charge >= 0.3 is 0 Å². The highest BCUT2D eigenvalue weighted by molar-refractivity contribution is 7.99. The molecule has 0 aliphatic carbocycles. The third-order valence-corrected chi connectivity index (χ3v) is 5.90. The summed E-state index contributed by atoms with van der Waals surface area (Å²) in [7, 11) is 4.09. The van der Waals surface area contributed by atoms with Crippen LogP contribution in [0.5, 0.6) is 0 Å². The molecule has 0 saturated heterocycles. The van der Waals surface area contributed by atoms with E-state index in [2.05, 4.69) is 50.0 Å². The fraction of sp³-hybridized carbons (Fsp3) is 0.263. The Bertz CT molecular complexity index is 906. The van der Waals surface area contributed by atoms with Crippen molar-refractivity contribution in [2.75, 3.05) is 14.1 Å². The zero-order valence-corrected chi connectivity index (χ0v) is 15.8. The van der Waals surface area contributed by atoms with Crippen LogP contribution in [-0.2, 0) is 13.0 Å². The van der Waals surface area contributed by atoms with Crippen molar-refractivity contribution in [1.29, 1.82) is 0 Å². The average molecular weight is 371 g/mol. The Labute approximate surface area is 156 Å². The topological polar surface area (TPSA) is 34.0 Å². The van der Waals surface area contributed by atoms with E-state index in [1.807, 2.05) is 44.1 Å². The van der Waals surface area contributed by atoms with Gasteiger partial charge in [0.2, 0.25) is 0 Å². The van der Waals surface area contributed by atoms with Gasteiger partial charge in [-0.15, -0.1) is 22.0 Å². The molecule has 1 aromatic heterocycles. The lowest BCUT2D eigenvalue weighted by Gasteiger charge is -2.15. The highest BCUT2D eigenvalue weighted by atomic mass is 35.5. The molecule has 1 unspecified atom stereocenters. The van der Waals surface area contributed by atoms with Crippen LogP contribution in [0.15, 0.2) is 53.4 Å². The van der Waals surface area contributed by atoms with Crippen molar-refractivity contribution in [2.24, 2.45) is 0 Å². The lowest BCUT2D eigenvalue weighted by atomic mass is 10.1. The first kappa shape index (κ1) is 16.6. The fourth-order valence-electron chi connectivity index (χ4n) is 3.16. The summed E-state index contributed by atoms with van der Waals surface area (Å²) in [5.74, 6) is 1.95. The summed E-state index contributed by atoms with van der Waals surface area (Å²) in [5.41, 5.74) is 2.30. The van der Waals surface area contributed by atoms with Gasteiger partial charge in [-0.3, -0.25) is 4.57 Å². The van der Waals surface area contributed by atoms with E-state index in [1.165, 1.54) is 4.90 Å². The SMILES string of the molecule is CN(C)Cc1nnc2n1-c1ccccc1SC(c1ccccc1Cl)C2. The number of thioether (sulfide) groups is 1. The normalized spacial score (nSPS) is 16.4. The number of hydrogen-bond donors (Lipinski definition) is 0. The highest BCUT2D eigenvalue weighted by Gasteiger charge is 2.27. The molecule has 0 radical (unpaired) electrons. The lowest BCUT2D eigenvalue weighted by molar-refractivity contribution is 0.386. The number of hydrogen-bond acceptors (Lipinski definition) is 4. The van der Waals surface area contributed by atoms with Crippen molar-refractivity contribution in [1.82, 2.24) is 19.7 Å². The Balaban J connectivity index is 1.85. The molecule has 0 spiro atoms. The second-order valence-electron chi connectivity index (χ2n) is 6.41. The van der Waals surface area contributed by atoms with E-state index < -0.39 is 0 Å². The van der Waals surface area contributed by atoms with Crippen molar-refractivity contribution in [3.05, 3.63) is 70.8 Å². The van der Waals surface area contributed by atoms with Crippen LogP contribution in [0.3, 0.4) is 0 Å². The molecule has 4 nitrogen and oxygen atoms in total. The summed E-state index contributed by atoms with van der Waals surface area (Å²) in [5, 5.41) is 9.98. The molecule has 0 N–H and O–H groups in total. The van der Waals surface area contributed by atoms with E-state index in [0.717, 1.165) is 40.9 Å². The van der Waals surface area contributed by atoms with Crippen molar-refractivity contribution in [2.45, 2.75) is 23.1 Å². The van der Waals surface area contributed by atoms with Crippen LogP contribution in [0.25, 0.3) is 5.69 Å². The van der Waals surface area contributed by atoms with E-state index >= 15 is 0 Å². The second-order valence-corrected chi connectivity index (χ2v) is 8.06. The van der Waals surface area contributed by atoms with Crippen molar-refractivity contribution in [3.63, 3.8) is 0 Å². The third-order valence-electron chi connectivity index (χ3n) is 4.25. The maximum absolute atomic E-state index is 6.48. The summed E-state index contributed by atoms with van der Waals surface area (Å²) in [6.45, 7) is 0.753. The van der Waals surface area contributed by atoms with Gasteiger partial charge in [0.1, 0.15) is 5.82 Å². The van der Waals surface area contributed by atoms with Gasteiger partial charge in [0.25, 0.3) is 0 Å². The predicted octanol–water partition coefficient (Wildman–Crippen LogP) is 4.37. The molecule has 1 atom stereocenters. The Kier molecular flexibility index (Phi) is 4.54. The van der Waals surface area contributed by atoms with Crippen LogP contribution < -0.4 is 0 Å². The lowest BCUT2D eigenvalue weighted by Crippen LogP contribution is -2.16. The zero-order valence-electron chi connectivity index (χ0n) is 14.2. The molecule has 3 aromatic rings. The van der Waals surface area contributed by atoms with Gasteiger partial charge < -0.3 is 4.90 Å². The molecule has 25 heavy (non-hydrogen) atoms. The Hall–Kier alpha value is -1.82. The molecule has 1 aliphatic heterocycles. The summed E-state index contributed by atoms with van der Waals surface area (Å²) in [6.07, 6.45) is 0.795. The maximum atomic E-state index is 6.48. The minimum Gasteiger partial charge on any atom is -0.302 e. The van der Waals surface area contributed by atoms with Crippen LogP contribution in [0.2, 0.25) is 5.02 Å². The van der Waals surface area contributed by atoms with Crippen LogP contribution in [-0.4, -0.2) is 33.8 Å². The summed E-state index contributed by atoms with van der Waals surface area (Å²) in [4.78, 5) is 3.34. The van der Waals surface area contributed by atoms with Gasteiger partial charge in [0, 0.05) is 21.6 Å². The Morgan fingerprint density at radius 3 is 2.68 bits per heavy atom. The van der Waals surface area contributed by atoms with Crippen LogP contribution >= 0.6 is 23.4 Å². The number of benzene rings is 2. The first-order chi connectivity index (χ1) is 12.1. The molecule has 0 fully saturated rings. The largest absolute Gasteiger partial charge is 0.302 e. The van der Waals surface area contributed by atoms with Crippen molar-refractivity contribution >= 4 is 23.4 Å². The molecule has 2 aromatic carbocycles. The van der Waals surface area contributed by atoms with Crippen LogP contribution in [0.1, 0.15) is 22.5 Å². The van der Waals surface area contributed by atoms with E-state index in [1.54, 1.807) is 0 Å². The Morgan fingerprint density at radius 2 is 1.88 bits per heavy atom. The fourth-order valence-corrected chi connectivity index (χ4v) is 4.80. The molecule has 128 valence electrons. The van der Waals surface area contributed by atoms with E-state index in [9.17, 15) is 0 Å². The van der Waals surface area contributed by atoms with Gasteiger partial charge in [-0.25, -0.2) is 0 Å². The van der Waals surface area contributed by atoms with Crippen LogP contribution in [0, 0.1) is 0 Å². The number of halogens is 1. The average Bonchev–Trinajstić information content (AvgIpc) is 2.88. The predicted molar refractivity (Wildman–Crippen MR) is 103 cm³/mol. The van der Waals surface area contributed by atoms with Crippen LogP contribution in [0.4, 0.5) is 0 Å². The minimum absolute atomic E-state index is 0.215. The number of aromatic nitrogens is 3. The smallest absolute Gasteiger partial charge is 0.151 e. The molecule has 0 saturated carbocycles. The number of nitrogens with zero attached hydrogens (tertiary/aromatic N) is 4. The zero-order chi connectivity index (χ0) is 17.4. The maximum Gasteiger partial charge on any atom is 0.151 e. The molecule has 4 rings (SSSR count). The molecule has 6 heteroatoms. The van der Waals surface area contributed by atoms with E-state index in [4.69, 9.17) is 11.6 Å². The van der Waals surface area contributed by atoms with Gasteiger partial charge in [0.15, 0.2) is 5.82 Å².